The number of nitrogens with one attached hydrogen (secondary N) is 2. The zero-order valence-electron chi connectivity index (χ0n) is 14.4. The van der Waals surface area contributed by atoms with Crippen molar-refractivity contribution in [3.8, 4) is 0 Å². The van der Waals surface area contributed by atoms with Gasteiger partial charge in [-0.2, -0.15) is 0 Å². The van der Waals surface area contributed by atoms with Crippen molar-refractivity contribution >= 4 is 23.2 Å². The van der Waals surface area contributed by atoms with Crippen LogP contribution in [0.15, 0.2) is 54.6 Å². The molecule has 1 aliphatic heterocycles. The molecule has 25 heavy (non-hydrogen) atoms. The van der Waals surface area contributed by atoms with Crippen molar-refractivity contribution in [1.82, 2.24) is 4.90 Å². The lowest BCUT2D eigenvalue weighted by Gasteiger charge is -2.28. The fraction of sp³-hybridized carbons (Fsp3) is 0.300. The lowest BCUT2D eigenvalue weighted by molar-refractivity contribution is -0.121. The van der Waals surface area contributed by atoms with Gasteiger partial charge in [0.1, 0.15) is 0 Å². The summed E-state index contributed by atoms with van der Waals surface area (Å²) in [6.45, 7) is 1.91. The van der Waals surface area contributed by atoms with Crippen LogP contribution in [0.2, 0.25) is 0 Å². The molecule has 0 saturated carbocycles. The number of likely N-dealkylation sites (tertiary alicyclic amines) is 1. The first-order valence-corrected chi connectivity index (χ1v) is 8.58. The molecule has 0 aliphatic carbocycles. The maximum Gasteiger partial charge on any atom is 0.255 e. The topological polar surface area (TPSA) is 61.4 Å². The first-order chi connectivity index (χ1) is 12.1. The van der Waals surface area contributed by atoms with Crippen LogP contribution < -0.4 is 10.6 Å². The summed E-state index contributed by atoms with van der Waals surface area (Å²) in [6, 6.07) is 16.3. The number of piperidine rings is 1. The Morgan fingerprint density at radius 1 is 0.880 bits per heavy atom. The van der Waals surface area contributed by atoms with Gasteiger partial charge in [0.2, 0.25) is 5.91 Å². The Balaban J connectivity index is 1.56. The Kier molecular flexibility index (Phi) is 5.46. The first-order valence-electron chi connectivity index (χ1n) is 8.58. The summed E-state index contributed by atoms with van der Waals surface area (Å²) in [5.41, 5.74) is 2.04. The van der Waals surface area contributed by atoms with E-state index in [1.165, 1.54) is 0 Å². The number of amides is 2. The molecule has 0 aromatic heterocycles. The Bertz CT molecular complexity index is 720. The van der Waals surface area contributed by atoms with Gasteiger partial charge in [-0.15, -0.1) is 0 Å². The zero-order valence-corrected chi connectivity index (χ0v) is 14.4. The molecule has 0 atom stereocenters. The summed E-state index contributed by atoms with van der Waals surface area (Å²) in [5, 5.41) is 5.80. The molecule has 2 aromatic rings. The fourth-order valence-corrected chi connectivity index (χ4v) is 2.94. The molecule has 1 fully saturated rings. The second-order valence-corrected chi connectivity index (χ2v) is 6.46. The third kappa shape index (κ3) is 4.67. The predicted molar refractivity (Wildman–Crippen MR) is 99.7 cm³/mol. The van der Waals surface area contributed by atoms with E-state index in [4.69, 9.17) is 0 Å². The number of benzene rings is 2. The van der Waals surface area contributed by atoms with Crippen molar-refractivity contribution in [2.24, 2.45) is 5.92 Å². The minimum absolute atomic E-state index is 0.0644. The summed E-state index contributed by atoms with van der Waals surface area (Å²) in [6.07, 6.45) is 1.78. The molecule has 5 heteroatoms. The Morgan fingerprint density at radius 3 is 2.12 bits per heavy atom. The van der Waals surface area contributed by atoms with Gasteiger partial charge in [0.05, 0.1) is 0 Å². The minimum atomic E-state index is -0.167. The lowest BCUT2D eigenvalue weighted by Crippen LogP contribution is -2.35. The van der Waals surface area contributed by atoms with E-state index in [1.54, 1.807) is 24.3 Å². The Hall–Kier alpha value is -2.66. The average Bonchev–Trinajstić information content (AvgIpc) is 2.63. The highest BCUT2D eigenvalue weighted by Gasteiger charge is 2.23. The van der Waals surface area contributed by atoms with Crippen LogP contribution in [-0.4, -0.2) is 36.9 Å². The van der Waals surface area contributed by atoms with Crippen LogP contribution in [-0.2, 0) is 4.79 Å². The van der Waals surface area contributed by atoms with E-state index in [1.807, 2.05) is 30.3 Å². The van der Waals surface area contributed by atoms with Crippen LogP contribution in [0.3, 0.4) is 0 Å². The number of rotatable bonds is 4. The molecule has 3 rings (SSSR count). The van der Waals surface area contributed by atoms with Crippen molar-refractivity contribution < 1.29 is 9.59 Å². The number of hydrogen-bond acceptors (Lipinski definition) is 3. The monoisotopic (exact) mass is 337 g/mol. The molecule has 2 amide bonds. The Morgan fingerprint density at radius 2 is 1.48 bits per heavy atom. The van der Waals surface area contributed by atoms with E-state index in [0.717, 1.165) is 37.3 Å². The van der Waals surface area contributed by atoms with Gasteiger partial charge in [0.25, 0.3) is 5.91 Å². The van der Waals surface area contributed by atoms with Gasteiger partial charge in [-0.3, -0.25) is 9.59 Å². The number of nitrogens with zero attached hydrogens (tertiary/aromatic N) is 1. The van der Waals surface area contributed by atoms with Crippen LogP contribution in [0.4, 0.5) is 11.4 Å². The van der Waals surface area contributed by atoms with Crippen LogP contribution in [0, 0.1) is 5.92 Å². The molecule has 130 valence electrons. The molecule has 1 aliphatic rings. The molecular formula is C20H23N3O2. The van der Waals surface area contributed by atoms with Crippen LogP contribution in [0.1, 0.15) is 23.2 Å². The molecule has 2 aromatic carbocycles. The van der Waals surface area contributed by atoms with E-state index < -0.39 is 0 Å². The molecule has 5 nitrogen and oxygen atoms in total. The summed E-state index contributed by atoms with van der Waals surface area (Å²) < 4.78 is 0. The van der Waals surface area contributed by atoms with E-state index >= 15 is 0 Å². The zero-order chi connectivity index (χ0) is 17.6. The normalized spacial score (nSPS) is 15.6. The highest BCUT2D eigenvalue weighted by Crippen LogP contribution is 2.19. The number of carbonyl (C=O) groups is 2. The number of para-hydroxylation sites is 1. The molecular weight excluding hydrogens is 314 g/mol. The highest BCUT2D eigenvalue weighted by atomic mass is 16.2. The molecule has 0 unspecified atom stereocenters. The van der Waals surface area contributed by atoms with Gasteiger partial charge in [-0.25, -0.2) is 0 Å². The summed E-state index contributed by atoms with van der Waals surface area (Å²) in [7, 11) is 2.08. The van der Waals surface area contributed by atoms with Crippen molar-refractivity contribution in [3.05, 3.63) is 60.2 Å². The van der Waals surface area contributed by atoms with E-state index in [2.05, 4.69) is 22.6 Å². The van der Waals surface area contributed by atoms with Gasteiger partial charge in [-0.05, 0) is 69.4 Å². The van der Waals surface area contributed by atoms with E-state index in [9.17, 15) is 9.59 Å². The fourth-order valence-electron chi connectivity index (χ4n) is 2.94. The van der Waals surface area contributed by atoms with Gasteiger partial charge in [0.15, 0.2) is 0 Å². The molecule has 0 bridgehead atoms. The molecule has 1 heterocycles. The van der Waals surface area contributed by atoms with Crippen LogP contribution in [0.25, 0.3) is 0 Å². The summed E-state index contributed by atoms with van der Waals surface area (Å²) >= 11 is 0. The Labute approximate surface area is 148 Å². The largest absolute Gasteiger partial charge is 0.326 e. The SMILES string of the molecule is CN1CCC(C(=O)Nc2ccc(C(=O)Nc3ccccc3)cc2)CC1. The van der Waals surface area contributed by atoms with Gasteiger partial charge in [-0.1, -0.05) is 18.2 Å². The smallest absolute Gasteiger partial charge is 0.255 e. The van der Waals surface area contributed by atoms with E-state index in [-0.39, 0.29) is 17.7 Å². The van der Waals surface area contributed by atoms with Crippen molar-refractivity contribution in [2.75, 3.05) is 30.8 Å². The van der Waals surface area contributed by atoms with Crippen molar-refractivity contribution in [1.29, 1.82) is 0 Å². The average molecular weight is 337 g/mol. The summed E-state index contributed by atoms with van der Waals surface area (Å²) in [5.74, 6) is -0.0359. The molecule has 0 radical (unpaired) electrons. The third-order valence-corrected chi connectivity index (χ3v) is 4.54. The minimum Gasteiger partial charge on any atom is -0.326 e. The van der Waals surface area contributed by atoms with Gasteiger partial charge < -0.3 is 15.5 Å². The maximum atomic E-state index is 12.3. The second kappa shape index (κ2) is 7.94. The van der Waals surface area contributed by atoms with Gasteiger partial charge >= 0.3 is 0 Å². The quantitative estimate of drug-likeness (QED) is 0.900. The summed E-state index contributed by atoms with van der Waals surface area (Å²) in [4.78, 5) is 26.8. The second-order valence-electron chi connectivity index (χ2n) is 6.46. The lowest BCUT2D eigenvalue weighted by atomic mass is 9.96. The number of carbonyl (C=O) groups excluding carboxylic acids is 2. The molecule has 1 saturated heterocycles. The highest BCUT2D eigenvalue weighted by molar-refractivity contribution is 6.04. The number of hydrogen-bond donors (Lipinski definition) is 2. The van der Waals surface area contributed by atoms with Crippen LogP contribution >= 0.6 is 0 Å². The standard InChI is InChI=1S/C20H23N3O2/c1-23-13-11-16(12-14-23)20(25)22-18-9-7-15(8-10-18)19(24)21-17-5-3-2-4-6-17/h2-10,16H,11-14H2,1H3,(H,21,24)(H,22,25). The maximum absolute atomic E-state index is 12.3. The van der Waals surface area contributed by atoms with Crippen molar-refractivity contribution in [3.63, 3.8) is 0 Å². The first kappa shape index (κ1) is 17.2. The van der Waals surface area contributed by atoms with Gasteiger partial charge in [0, 0.05) is 22.9 Å². The number of anilines is 2. The van der Waals surface area contributed by atoms with E-state index in [0.29, 0.717) is 5.56 Å². The van der Waals surface area contributed by atoms with Crippen molar-refractivity contribution in [2.45, 2.75) is 12.8 Å². The molecule has 0 spiro atoms. The van der Waals surface area contributed by atoms with Crippen LogP contribution in [0.5, 0.6) is 0 Å². The molecule has 2 N–H and O–H groups in total. The third-order valence-electron chi connectivity index (χ3n) is 4.54. The predicted octanol–water partition coefficient (Wildman–Crippen LogP) is 3.22.